The number of benzene rings is 1. The van der Waals surface area contributed by atoms with Crippen molar-refractivity contribution in [2.45, 2.75) is 26.3 Å². The highest BCUT2D eigenvalue weighted by Crippen LogP contribution is 2.35. The monoisotopic (exact) mass is 304 g/mol. The molecule has 116 valence electrons. The van der Waals surface area contributed by atoms with Crippen LogP contribution in [-0.2, 0) is 4.79 Å². The zero-order chi connectivity index (χ0) is 15.7. The summed E-state index contributed by atoms with van der Waals surface area (Å²) in [6, 6.07) is 4.48. The van der Waals surface area contributed by atoms with Gasteiger partial charge < -0.3 is 14.6 Å². The van der Waals surface area contributed by atoms with Crippen molar-refractivity contribution in [2.75, 3.05) is 6.79 Å². The quantitative estimate of drug-likeness (QED) is 0.898. The first kappa shape index (κ1) is 14.3. The van der Waals surface area contributed by atoms with Crippen LogP contribution < -0.4 is 9.47 Å². The fraction of sp³-hybridized carbons (Fsp3) is 0.429. The molecule has 8 heteroatoms. The van der Waals surface area contributed by atoms with Gasteiger partial charge in [0.25, 0.3) is 0 Å². The lowest BCUT2D eigenvalue weighted by Gasteiger charge is -2.16. The van der Waals surface area contributed by atoms with Crippen LogP contribution in [-0.4, -0.2) is 38.1 Å². The van der Waals surface area contributed by atoms with Gasteiger partial charge in [-0.05, 0) is 41.0 Å². The van der Waals surface area contributed by atoms with Gasteiger partial charge in [0, 0.05) is 5.56 Å². The number of ether oxygens (including phenoxy) is 2. The maximum Gasteiger partial charge on any atom is 0.328 e. The minimum atomic E-state index is -0.956. The molecule has 1 aromatic carbocycles. The minimum Gasteiger partial charge on any atom is -0.480 e. The van der Waals surface area contributed by atoms with Crippen molar-refractivity contribution in [2.24, 2.45) is 5.92 Å². The van der Waals surface area contributed by atoms with Crippen molar-refractivity contribution in [3.05, 3.63) is 18.2 Å². The van der Waals surface area contributed by atoms with Crippen molar-refractivity contribution >= 4 is 5.97 Å². The predicted molar refractivity (Wildman–Crippen MR) is 75.5 cm³/mol. The van der Waals surface area contributed by atoms with Gasteiger partial charge >= 0.3 is 5.97 Å². The molecule has 0 saturated carbocycles. The largest absolute Gasteiger partial charge is 0.480 e. The van der Waals surface area contributed by atoms with Crippen molar-refractivity contribution in [3.8, 4) is 22.9 Å². The highest BCUT2D eigenvalue weighted by atomic mass is 16.7. The lowest BCUT2D eigenvalue weighted by Crippen LogP contribution is -2.23. The fourth-order valence-corrected chi connectivity index (χ4v) is 2.38. The van der Waals surface area contributed by atoms with Crippen LogP contribution in [0, 0.1) is 5.92 Å². The third-order valence-electron chi connectivity index (χ3n) is 3.40. The molecule has 0 spiro atoms. The summed E-state index contributed by atoms with van der Waals surface area (Å²) >= 11 is 0. The third-order valence-corrected chi connectivity index (χ3v) is 3.40. The number of aliphatic carboxylic acids is 1. The number of rotatable bonds is 5. The number of carboxylic acid groups (broad SMARTS) is 1. The summed E-state index contributed by atoms with van der Waals surface area (Å²) in [6.45, 7) is 4.09. The molecule has 1 aromatic heterocycles. The minimum absolute atomic E-state index is 0.175. The zero-order valence-electron chi connectivity index (χ0n) is 12.3. The average Bonchev–Trinajstić information content (AvgIpc) is 3.12. The van der Waals surface area contributed by atoms with Crippen molar-refractivity contribution < 1.29 is 19.4 Å². The van der Waals surface area contributed by atoms with E-state index in [-0.39, 0.29) is 12.7 Å². The summed E-state index contributed by atoms with van der Waals surface area (Å²) < 4.78 is 11.9. The van der Waals surface area contributed by atoms with E-state index in [0.717, 1.165) is 0 Å². The second kappa shape index (κ2) is 5.63. The molecule has 0 amide bonds. The van der Waals surface area contributed by atoms with Crippen LogP contribution in [0.15, 0.2) is 18.2 Å². The Balaban J connectivity index is 1.99. The maximum absolute atomic E-state index is 11.5. The Morgan fingerprint density at radius 2 is 2.14 bits per heavy atom. The Morgan fingerprint density at radius 3 is 2.86 bits per heavy atom. The van der Waals surface area contributed by atoms with Crippen LogP contribution in [0.25, 0.3) is 11.4 Å². The molecule has 1 aliphatic rings. The van der Waals surface area contributed by atoms with Gasteiger partial charge in [0.05, 0.1) is 0 Å². The van der Waals surface area contributed by atoms with Gasteiger partial charge in [-0.25, -0.2) is 9.48 Å². The molecular formula is C14H16N4O4. The number of carboxylic acids is 1. The molecule has 0 saturated heterocycles. The van der Waals surface area contributed by atoms with E-state index in [0.29, 0.717) is 29.3 Å². The Hall–Kier alpha value is -2.64. The summed E-state index contributed by atoms with van der Waals surface area (Å²) in [6.07, 6.45) is 0.442. The van der Waals surface area contributed by atoms with Crippen molar-refractivity contribution in [1.29, 1.82) is 0 Å². The van der Waals surface area contributed by atoms with Gasteiger partial charge in [0.2, 0.25) is 6.79 Å². The Kier molecular flexibility index (Phi) is 3.66. The number of hydrogen-bond donors (Lipinski definition) is 1. The van der Waals surface area contributed by atoms with Crippen LogP contribution in [0.1, 0.15) is 26.3 Å². The standard InChI is InChI=1S/C14H16N4O4/c1-8(2)5-10(14(19)20)18-13(15-16-17-18)9-3-4-11-12(6-9)22-7-21-11/h3-4,6,8,10H,5,7H2,1-2H3,(H,19,20). The van der Waals surface area contributed by atoms with Gasteiger partial charge in [-0.1, -0.05) is 13.8 Å². The van der Waals surface area contributed by atoms with E-state index in [1.54, 1.807) is 18.2 Å². The summed E-state index contributed by atoms with van der Waals surface area (Å²) in [4.78, 5) is 11.5. The Bertz CT molecular complexity index is 698. The summed E-state index contributed by atoms with van der Waals surface area (Å²) in [5, 5.41) is 20.9. The smallest absolute Gasteiger partial charge is 0.328 e. The number of fused-ring (bicyclic) bond motifs is 1. The molecule has 0 fully saturated rings. The zero-order valence-corrected chi connectivity index (χ0v) is 12.3. The van der Waals surface area contributed by atoms with Gasteiger partial charge in [-0.3, -0.25) is 0 Å². The van der Waals surface area contributed by atoms with E-state index < -0.39 is 12.0 Å². The molecule has 1 N–H and O–H groups in total. The van der Waals surface area contributed by atoms with Crippen LogP contribution in [0.5, 0.6) is 11.5 Å². The first-order valence-corrected chi connectivity index (χ1v) is 6.97. The average molecular weight is 304 g/mol. The van der Waals surface area contributed by atoms with E-state index >= 15 is 0 Å². The second-order valence-electron chi connectivity index (χ2n) is 5.50. The first-order valence-electron chi connectivity index (χ1n) is 6.97. The highest BCUT2D eigenvalue weighted by Gasteiger charge is 2.26. The van der Waals surface area contributed by atoms with Gasteiger partial charge in [0.1, 0.15) is 0 Å². The van der Waals surface area contributed by atoms with E-state index in [4.69, 9.17) is 9.47 Å². The first-order chi connectivity index (χ1) is 10.6. The van der Waals surface area contributed by atoms with Gasteiger partial charge in [-0.2, -0.15) is 0 Å². The van der Waals surface area contributed by atoms with Gasteiger partial charge in [0.15, 0.2) is 23.4 Å². The maximum atomic E-state index is 11.5. The van der Waals surface area contributed by atoms with E-state index in [2.05, 4.69) is 15.5 Å². The normalized spacial score (nSPS) is 14.3. The molecule has 0 radical (unpaired) electrons. The number of carbonyl (C=O) groups is 1. The summed E-state index contributed by atoms with van der Waals surface area (Å²) in [7, 11) is 0. The van der Waals surface area contributed by atoms with Crippen LogP contribution in [0.4, 0.5) is 0 Å². The van der Waals surface area contributed by atoms with Crippen molar-refractivity contribution in [3.63, 3.8) is 0 Å². The molecular weight excluding hydrogens is 288 g/mol. The SMILES string of the molecule is CC(C)CC(C(=O)O)n1nnnc1-c1ccc2c(c1)OCO2. The molecule has 1 unspecified atom stereocenters. The molecule has 2 aromatic rings. The van der Waals surface area contributed by atoms with Crippen LogP contribution in [0.2, 0.25) is 0 Å². The molecule has 2 heterocycles. The molecule has 3 rings (SSSR count). The second-order valence-corrected chi connectivity index (χ2v) is 5.50. The molecule has 8 nitrogen and oxygen atoms in total. The predicted octanol–water partition coefficient (Wildman–Crippen LogP) is 1.74. The number of aromatic nitrogens is 4. The number of tetrazole rings is 1. The molecule has 0 bridgehead atoms. The van der Waals surface area contributed by atoms with Gasteiger partial charge in [-0.15, -0.1) is 5.10 Å². The van der Waals surface area contributed by atoms with Crippen molar-refractivity contribution in [1.82, 2.24) is 20.2 Å². The molecule has 0 aliphatic carbocycles. The molecule has 1 atom stereocenters. The summed E-state index contributed by atoms with van der Waals surface area (Å²) in [5.41, 5.74) is 0.684. The van der Waals surface area contributed by atoms with Crippen LogP contribution in [0.3, 0.4) is 0 Å². The molecule has 1 aliphatic heterocycles. The highest BCUT2D eigenvalue weighted by molar-refractivity contribution is 5.73. The Morgan fingerprint density at radius 1 is 1.36 bits per heavy atom. The molecule has 22 heavy (non-hydrogen) atoms. The summed E-state index contributed by atoms with van der Waals surface area (Å²) in [5.74, 6) is 0.895. The number of nitrogens with zero attached hydrogens (tertiary/aromatic N) is 4. The third kappa shape index (κ3) is 2.59. The Labute approximate surface area is 126 Å². The van der Waals surface area contributed by atoms with E-state index in [1.807, 2.05) is 13.8 Å². The van der Waals surface area contributed by atoms with E-state index in [9.17, 15) is 9.90 Å². The van der Waals surface area contributed by atoms with Crippen LogP contribution >= 0.6 is 0 Å². The lowest BCUT2D eigenvalue weighted by molar-refractivity contribution is -0.141. The lowest BCUT2D eigenvalue weighted by atomic mass is 10.0. The fourth-order valence-electron chi connectivity index (χ4n) is 2.38. The topological polar surface area (TPSA) is 99.4 Å². The van der Waals surface area contributed by atoms with E-state index in [1.165, 1.54) is 4.68 Å². The number of hydrogen-bond acceptors (Lipinski definition) is 6.